The first-order valence-electron chi connectivity index (χ1n) is 7.42. The van der Waals surface area contributed by atoms with Gasteiger partial charge in [-0.2, -0.15) is 5.10 Å². The van der Waals surface area contributed by atoms with Crippen LogP contribution in [0.5, 0.6) is 0 Å². The number of hydrogen-bond donors (Lipinski definition) is 2. The molecule has 2 aliphatic rings. The van der Waals surface area contributed by atoms with E-state index in [1.165, 1.54) is 23.6 Å². The number of nitrogens with zero attached hydrogens (tertiary/aromatic N) is 2. The Balaban J connectivity index is 1.63. The van der Waals surface area contributed by atoms with Crippen LogP contribution in [0.2, 0.25) is 0 Å². The van der Waals surface area contributed by atoms with Gasteiger partial charge in [-0.05, 0) is 18.9 Å². The molecule has 1 aromatic heterocycles. The fraction of sp³-hybridized carbons (Fsp3) is 0.643. The zero-order chi connectivity index (χ0) is 14.7. The topological polar surface area (TPSA) is 85.2 Å². The van der Waals surface area contributed by atoms with Gasteiger partial charge in [-0.15, -0.1) is 0 Å². The zero-order valence-electron chi connectivity index (χ0n) is 11.8. The fourth-order valence-electron chi connectivity index (χ4n) is 3.01. The first-order chi connectivity index (χ1) is 10.2. The van der Waals surface area contributed by atoms with Crippen molar-refractivity contribution in [3.63, 3.8) is 0 Å². The van der Waals surface area contributed by atoms with Crippen molar-refractivity contribution in [2.75, 3.05) is 13.2 Å². The summed E-state index contributed by atoms with van der Waals surface area (Å²) in [5.74, 6) is 0. The molecule has 7 heteroatoms. The first-order valence-corrected chi connectivity index (χ1v) is 7.42. The maximum atomic E-state index is 12.0. The van der Waals surface area contributed by atoms with Crippen LogP contribution in [0.25, 0.3) is 0 Å². The van der Waals surface area contributed by atoms with Crippen molar-refractivity contribution in [2.24, 2.45) is 0 Å². The van der Waals surface area contributed by atoms with Crippen molar-refractivity contribution in [3.05, 3.63) is 28.7 Å². The number of ether oxygens (including phenoxy) is 1. The van der Waals surface area contributed by atoms with Crippen LogP contribution >= 0.6 is 0 Å². The zero-order valence-corrected chi connectivity index (χ0v) is 11.8. The van der Waals surface area contributed by atoms with Crippen LogP contribution in [-0.2, 0) is 4.74 Å². The SMILES string of the molecule is O=C(NC1CCCC1)NC1COCC1n1ncccc1=O. The predicted molar refractivity (Wildman–Crippen MR) is 76.1 cm³/mol. The predicted octanol–water partition coefficient (Wildman–Crippen LogP) is 0.425. The minimum Gasteiger partial charge on any atom is -0.377 e. The van der Waals surface area contributed by atoms with E-state index in [0.29, 0.717) is 13.2 Å². The second-order valence-corrected chi connectivity index (χ2v) is 5.62. The largest absolute Gasteiger partial charge is 0.377 e. The Hall–Kier alpha value is -1.89. The third-order valence-corrected chi connectivity index (χ3v) is 4.11. The number of nitrogens with one attached hydrogen (secondary N) is 2. The van der Waals surface area contributed by atoms with Crippen molar-refractivity contribution in [1.29, 1.82) is 0 Å². The average Bonchev–Trinajstić information content (AvgIpc) is 3.11. The summed E-state index contributed by atoms with van der Waals surface area (Å²) in [6.07, 6.45) is 5.98. The molecule has 2 amide bonds. The summed E-state index contributed by atoms with van der Waals surface area (Å²) in [4.78, 5) is 23.9. The van der Waals surface area contributed by atoms with Crippen LogP contribution in [-0.4, -0.2) is 41.1 Å². The third kappa shape index (κ3) is 3.24. The van der Waals surface area contributed by atoms with Crippen LogP contribution in [0.1, 0.15) is 31.7 Å². The molecule has 21 heavy (non-hydrogen) atoms. The van der Waals surface area contributed by atoms with Gasteiger partial charge >= 0.3 is 6.03 Å². The standard InChI is InChI=1S/C14H20N4O3/c19-13-6-3-7-15-18(13)12-9-21-8-11(12)17-14(20)16-10-4-1-2-5-10/h3,6-7,10-12H,1-2,4-5,8-9H2,(H2,16,17,20). The van der Waals surface area contributed by atoms with E-state index in [1.54, 1.807) is 12.3 Å². The molecule has 2 fully saturated rings. The Kier molecular flexibility index (Phi) is 4.19. The summed E-state index contributed by atoms with van der Waals surface area (Å²) in [5.41, 5.74) is -0.184. The van der Waals surface area contributed by atoms with Crippen LogP contribution in [0, 0.1) is 0 Å². The molecule has 114 valence electrons. The molecule has 2 unspecified atom stereocenters. The highest BCUT2D eigenvalue weighted by molar-refractivity contribution is 5.74. The van der Waals surface area contributed by atoms with E-state index in [4.69, 9.17) is 4.74 Å². The average molecular weight is 292 g/mol. The van der Waals surface area contributed by atoms with Crippen molar-refractivity contribution >= 4 is 6.03 Å². The van der Waals surface area contributed by atoms with Crippen LogP contribution in [0.3, 0.4) is 0 Å². The van der Waals surface area contributed by atoms with Crippen molar-refractivity contribution < 1.29 is 9.53 Å². The number of amides is 2. The summed E-state index contributed by atoms with van der Waals surface area (Å²) in [5, 5.41) is 9.96. The molecule has 2 N–H and O–H groups in total. The number of carbonyl (C=O) groups is 1. The van der Waals surface area contributed by atoms with E-state index >= 15 is 0 Å². The summed E-state index contributed by atoms with van der Waals surface area (Å²) >= 11 is 0. The Morgan fingerprint density at radius 3 is 2.86 bits per heavy atom. The first kappa shape index (κ1) is 14.1. The summed E-state index contributed by atoms with van der Waals surface area (Å²) in [6, 6.07) is 2.65. The molecule has 0 radical (unpaired) electrons. The lowest BCUT2D eigenvalue weighted by molar-refractivity contribution is 0.180. The molecule has 1 saturated carbocycles. The number of urea groups is 1. The van der Waals surface area contributed by atoms with Crippen LogP contribution in [0.15, 0.2) is 23.1 Å². The summed E-state index contributed by atoms with van der Waals surface area (Å²) < 4.78 is 6.79. The Morgan fingerprint density at radius 1 is 1.29 bits per heavy atom. The number of carbonyl (C=O) groups excluding carboxylic acids is 1. The van der Waals surface area contributed by atoms with E-state index in [2.05, 4.69) is 15.7 Å². The molecule has 1 aromatic rings. The van der Waals surface area contributed by atoms with Crippen LogP contribution < -0.4 is 16.2 Å². The molecule has 0 aromatic carbocycles. The Morgan fingerprint density at radius 2 is 2.10 bits per heavy atom. The lowest BCUT2D eigenvalue weighted by atomic mass is 10.2. The molecule has 7 nitrogen and oxygen atoms in total. The second-order valence-electron chi connectivity index (χ2n) is 5.62. The minimum atomic E-state index is -0.256. The van der Waals surface area contributed by atoms with Gasteiger partial charge in [0, 0.05) is 18.3 Å². The molecule has 3 rings (SSSR count). The van der Waals surface area contributed by atoms with Gasteiger partial charge in [0.05, 0.1) is 19.3 Å². The summed E-state index contributed by atoms with van der Waals surface area (Å²) in [7, 11) is 0. The monoisotopic (exact) mass is 292 g/mol. The van der Waals surface area contributed by atoms with E-state index in [0.717, 1.165) is 12.8 Å². The highest BCUT2D eigenvalue weighted by Gasteiger charge is 2.32. The quantitative estimate of drug-likeness (QED) is 0.846. The highest BCUT2D eigenvalue weighted by Crippen LogP contribution is 2.19. The van der Waals surface area contributed by atoms with Gasteiger partial charge in [0.2, 0.25) is 0 Å². The van der Waals surface area contributed by atoms with Gasteiger partial charge in [-0.3, -0.25) is 4.79 Å². The number of hydrogen-bond acceptors (Lipinski definition) is 4. The third-order valence-electron chi connectivity index (χ3n) is 4.11. The van der Waals surface area contributed by atoms with E-state index in [-0.39, 0.29) is 29.7 Å². The molecule has 1 aliphatic heterocycles. The molecule has 1 saturated heterocycles. The van der Waals surface area contributed by atoms with Crippen LogP contribution in [0.4, 0.5) is 4.79 Å². The number of rotatable bonds is 3. The fourth-order valence-corrected chi connectivity index (χ4v) is 3.01. The van der Waals surface area contributed by atoms with Crippen molar-refractivity contribution in [3.8, 4) is 0 Å². The Bertz CT molecular complexity index is 553. The van der Waals surface area contributed by atoms with Gasteiger partial charge in [0.1, 0.15) is 6.04 Å². The normalized spacial score (nSPS) is 25.9. The van der Waals surface area contributed by atoms with Gasteiger partial charge < -0.3 is 15.4 Å². The van der Waals surface area contributed by atoms with E-state index in [9.17, 15) is 9.59 Å². The van der Waals surface area contributed by atoms with E-state index < -0.39 is 0 Å². The highest BCUT2D eigenvalue weighted by atomic mass is 16.5. The maximum Gasteiger partial charge on any atom is 0.315 e. The molecule has 0 bridgehead atoms. The lowest BCUT2D eigenvalue weighted by Gasteiger charge is -2.21. The molecular formula is C14H20N4O3. The lowest BCUT2D eigenvalue weighted by Crippen LogP contribution is -2.49. The molecule has 2 atom stereocenters. The number of aromatic nitrogens is 2. The van der Waals surface area contributed by atoms with Gasteiger partial charge in [-0.25, -0.2) is 9.48 Å². The maximum absolute atomic E-state index is 12.0. The Labute approximate surface area is 122 Å². The minimum absolute atomic E-state index is 0.184. The molecule has 0 spiro atoms. The van der Waals surface area contributed by atoms with Crippen molar-refractivity contribution in [2.45, 2.75) is 43.8 Å². The van der Waals surface area contributed by atoms with Gasteiger partial charge in [0.15, 0.2) is 0 Å². The molecule has 1 aliphatic carbocycles. The molecule has 2 heterocycles. The van der Waals surface area contributed by atoms with Gasteiger partial charge in [0.25, 0.3) is 5.56 Å². The molecular weight excluding hydrogens is 272 g/mol. The van der Waals surface area contributed by atoms with E-state index in [1.807, 2.05) is 0 Å². The summed E-state index contributed by atoms with van der Waals surface area (Å²) in [6.45, 7) is 0.775. The smallest absolute Gasteiger partial charge is 0.315 e. The second kappa shape index (κ2) is 6.26. The van der Waals surface area contributed by atoms with Gasteiger partial charge in [-0.1, -0.05) is 12.8 Å². The van der Waals surface area contributed by atoms with Crippen molar-refractivity contribution in [1.82, 2.24) is 20.4 Å².